The molecule has 0 aliphatic carbocycles. The van der Waals surface area contributed by atoms with Gasteiger partial charge in [-0.1, -0.05) is 32.4 Å². The summed E-state index contributed by atoms with van der Waals surface area (Å²) in [6.45, 7) is 9.25. The van der Waals surface area contributed by atoms with Crippen molar-refractivity contribution in [3.63, 3.8) is 0 Å². The SMILES string of the molecule is CCC(C)C(C(=O)N1CCCC1c1nc2ccccc2n1C(C)C)n1cnnn1. The molecular weight excluding hydrogens is 366 g/mol. The minimum absolute atomic E-state index is 0.0275. The summed E-state index contributed by atoms with van der Waals surface area (Å²) in [6, 6.07) is 8.05. The fraction of sp³-hybridized carbons (Fsp3) is 0.571. The molecule has 29 heavy (non-hydrogen) atoms. The van der Waals surface area contributed by atoms with Crippen molar-refractivity contribution in [1.82, 2.24) is 34.7 Å². The molecular formula is C21H29N7O. The maximum atomic E-state index is 13.7. The molecule has 8 heteroatoms. The summed E-state index contributed by atoms with van der Waals surface area (Å²) >= 11 is 0. The van der Waals surface area contributed by atoms with Crippen molar-refractivity contribution in [2.75, 3.05) is 6.54 Å². The van der Waals surface area contributed by atoms with Crippen LogP contribution in [0, 0.1) is 5.92 Å². The molecule has 3 atom stereocenters. The van der Waals surface area contributed by atoms with Crippen molar-refractivity contribution in [2.24, 2.45) is 5.92 Å². The van der Waals surface area contributed by atoms with E-state index in [4.69, 9.17) is 4.98 Å². The molecule has 1 aliphatic rings. The molecule has 1 aliphatic heterocycles. The highest BCUT2D eigenvalue weighted by Gasteiger charge is 2.39. The Kier molecular flexibility index (Phi) is 5.34. The van der Waals surface area contributed by atoms with E-state index in [2.05, 4.69) is 53.9 Å². The van der Waals surface area contributed by atoms with Crippen molar-refractivity contribution < 1.29 is 4.79 Å². The van der Waals surface area contributed by atoms with Crippen molar-refractivity contribution >= 4 is 16.9 Å². The molecule has 2 aromatic heterocycles. The Morgan fingerprint density at radius 2 is 2.03 bits per heavy atom. The minimum Gasteiger partial charge on any atom is -0.331 e. The molecule has 1 aromatic carbocycles. The van der Waals surface area contributed by atoms with E-state index >= 15 is 0 Å². The van der Waals surface area contributed by atoms with Crippen LogP contribution in [0.5, 0.6) is 0 Å². The van der Waals surface area contributed by atoms with Gasteiger partial charge in [0, 0.05) is 12.6 Å². The summed E-state index contributed by atoms with van der Waals surface area (Å²) in [5.74, 6) is 1.19. The van der Waals surface area contributed by atoms with Gasteiger partial charge in [0.05, 0.1) is 17.1 Å². The minimum atomic E-state index is -0.396. The summed E-state index contributed by atoms with van der Waals surface area (Å²) in [5.41, 5.74) is 2.10. The number of amides is 1. The average Bonchev–Trinajstić information content (AvgIpc) is 3.45. The zero-order chi connectivity index (χ0) is 20.5. The van der Waals surface area contributed by atoms with E-state index in [-0.39, 0.29) is 23.9 Å². The van der Waals surface area contributed by atoms with Crippen LogP contribution in [0.25, 0.3) is 11.0 Å². The number of likely N-dealkylation sites (tertiary alicyclic amines) is 1. The first-order valence-corrected chi connectivity index (χ1v) is 10.5. The topological polar surface area (TPSA) is 81.7 Å². The van der Waals surface area contributed by atoms with E-state index in [0.717, 1.165) is 42.7 Å². The molecule has 1 amide bonds. The number of imidazole rings is 1. The van der Waals surface area contributed by atoms with Crippen LogP contribution in [-0.2, 0) is 4.79 Å². The first-order valence-electron chi connectivity index (χ1n) is 10.5. The molecule has 154 valence electrons. The van der Waals surface area contributed by atoms with E-state index in [1.54, 1.807) is 11.0 Å². The van der Waals surface area contributed by atoms with Crippen molar-refractivity contribution in [2.45, 2.75) is 65.1 Å². The van der Waals surface area contributed by atoms with E-state index in [0.29, 0.717) is 0 Å². The number of benzene rings is 1. The van der Waals surface area contributed by atoms with Gasteiger partial charge in [0.15, 0.2) is 0 Å². The second-order valence-electron chi connectivity index (χ2n) is 8.23. The Hall–Kier alpha value is -2.77. The number of carbonyl (C=O) groups is 1. The van der Waals surface area contributed by atoms with Gasteiger partial charge in [-0.05, 0) is 55.2 Å². The summed E-state index contributed by atoms with van der Waals surface area (Å²) in [5, 5.41) is 11.6. The molecule has 0 N–H and O–H groups in total. The van der Waals surface area contributed by atoms with Crippen molar-refractivity contribution in [3.05, 3.63) is 36.4 Å². The highest BCUT2D eigenvalue weighted by Crippen LogP contribution is 2.37. The predicted octanol–water partition coefficient (Wildman–Crippen LogP) is 3.55. The largest absolute Gasteiger partial charge is 0.331 e. The van der Waals surface area contributed by atoms with Gasteiger partial charge in [-0.25, -0.2) is 9.67 Å². The van der Waals surface area contributed by atoms with E-state index in [1.165, 1.54) is 0 Å². The Morgan fingerprint density at radius 3 is 2.72 bits per heavy atom. The van der Waals surface area contributed by atoms with Crippen LogP contribution in [0.3, 0.4) is 0 Å². The number of aromatic nitrogens is 6. The maximum Gasteiger partial charge on any atom is 0.248 e. The Bertz CT molecular complexity index is 978. The van der Waals surface area contributed by atoms with Gasteiger partial charge in [-0.3, -0.25) is 4.79 Å². The number of hydrogen-bond donors (Lipinski definition) is 0. The molecule has 0 spiro atoms. The number of rotatable bonds is 6. The molecule has 3 unspecified atom stereocenters. The second-order valence-corrected chi connectivity index (χ2v) is 8.23. The third-order valence-electron chi connectivity index (χ3n) is 6.06. The lowest BCUT2D eigenvalue weighted by molar-refractivity contribution is -0.138. The number of para-hydroxylation sites is 2. The number of hydrogen-bond acceptors (Lipinski definition) is 5. The monoisotopic (exact) mass is 395 g/mol. The van der Waals surface area contributed by atoms with Crippen LogP contribution in [-0.4, -0.2) is 47.1 Å². The molecule has 0 radical (unpaired) electrons. The van der Waals surface area contributed by atoms with Gasteiger partial charge in [-0.2, -0.15) is 0 Å². The lowest BCUT2D eigenvalue weighted by Crippen LogP contribution is -2.40. The molecule has 1 fully saturated rings. The number of nitrogens with zero attached hydrogens (tertiary/aromatic N) is 7. The fourth-order valence-electron chi connectivity index (χ4n) is 4.45. The van der Waals surface area contributed by atoms with Crippen LogP contribution in [0.4, 0.5) is 0 Å². The molecule has 0 saturated carbocycles. The first kappa shape index (κ1) is 19.5. The molecule has 1 saturated heterocycles. The van der Waals surface area contributed by atoms with Gasteiger partial charge in [0.25, 0.3) is 0 Å². The summed E-state index contributed by atoms with van der Waals surface area (Å²) < 4.78 is 3.89. The average molecular weight is 396 g/mol. The van der Waals surface area contributed by atoms with E-state index in [1.807, 2.05) is 23.1 Å². The van der Waals surface area contributed by atoms with E-state index in [9.17, 15) is 4.79 Å². The van der Waals surface area contributed by atoms with Crippen LogP contribution < -0.4 is 0 Å². The molecule has 8 nitrogen and oxygen atoms in total. The molecule has 4 rings (SSSR count). The van der Waals surface area contributed by atoms with E-state index < -0.39 is 6.04 Å². The van der Waals surface area contributed by atoms with Gasteiger partial charge >= 0.3 is 0 Å². The lowest BCUT2D eigenvalue weighted by Gasteiger charge is -2.31. The highest BCUT2D eigenvalue weighted by atomic mass is 16.2. The summed E-state index contributed by atoms with van der Waals surface area (Å²) in [6.07, 6.45) is 4.31. The van der Waals surface area contributed by atoms with Gasteiger partial charge in [-0.15, -0.1) is 5.10 Å². The number of fused-ring (bicyclic) bond motifs is 1. The quantitative estimate of drug-likeness (QED) is 0.637. The maximum absolute atomic E-state index is 13.7. The smallest absolute Gasteiger partial charge is 0.248 e. The normalized spacial score (nSPS) is 19.2. The Labute approximate surface area is 170 Å². The Morgan fingerprint density at radius 1 is 1.24 bits per heavy atom. The van der Waals surface area contributed by atoms with Crippen LogP contribution in [0.15, 0.2) is 30.6 Å². The molecule has 3 aromatic rings. The van der Waals surface area contributed by atoms with Gasteiger partial charge in [0.2, 0.25) is 5.91 Å². The standard InChI is InChI=1S/C21H29N7O/c1-5-15(4)19(27-13-22-24-25-27)21(29)26-12-8-11-18(26)20-23-16-9-6-7-10-17(16)28(20)14(2)3/h6-7,9-10,13-15,18-19H,5,8,11-12H2,1-4H3. The Balaban J connectivity index is 1.74. The van der Waals surface area contributed by atoms with Crippen molar-refractivity contribution in [3.8, 4) is 0 Å². The zero-order valence-electron chi connectivity index (χ0n) is 17.6. The van der Waals surface area contributed by atoms with Crippen molar-refractivity contribution in [1.29, 1.82) is 0 Å². The summed E-state index contributed by atoms with van der Waals surface area (Å²) in [4.78, 5) is 20.7. The highest BCUT2D eigenvalue weighted by molar-refractivity contribution is 5.82. The van der Waals surface area contributed by atoms with Crippen LogP contribution in [0.2, 0.25) is 0 Å². The van der Waals surface area contributed by atoms with Crippen LogP contribution in [0.1, 0.15) is 70.9 Å². The lowest BCUT2D eigenvalue weighted by atomic mass is 9.97. The molecule has 3 heterocycles. The molecule has 0 bridgehead atoms. The third kappa shape index (κ3) is 3.41. The number of tetrazole rings is 1. The third-order valence-corrected chi connectivity index (χ3v) is 6.06. The predicted molar refractivity (Wildman–Crippen MR) is 110 cm³/mol. The fourth-order valence-corrected chi connectivity index (χ4v) is 4.45. The van der Waals surface area contributed by atoms with Gasteiger partial charge < -0.3 is 9.47 Å². The zero-order valence-corrected chi connectivity index (χ0v) is 17.6. The summed E-state index contributed by atoms with van der Waals surface area (Å²) in [7, 11) is 0. The second kappa shape index (κ2) is 7.93. The first-order chi connectivity index (χ1) is 14.0. The number of carbonyl (C=O) groups excluding carboxylic acids is 1. The van der Waals surface area contributed by atoms with Gasteiger partial charge in [0.1, 0.15) is 18.2 Å². The van der Waals surface area contributed by atoms with Crippen LogP contribution >= 0.6 is 0 Å².